The van der Waals surface area contributed by atoms with Gasteiger partial charge >= 0.3 is 0 Å². The second-order valence-corrected chi connectivity index (χ2v) is 8.36. The molecule has 2 N–H and O–H groups in total. The van der Waals surface area contributed by atoms with Crippen molar-refractivity contribution in [1.29, 1.82) is 0 Å². The van der Waals surface area contributed by atoms with Crippen LogP contribution in [-0.2, 0) is 4.79 Å². The van der Waals surface area contributed by atoms with Crippen molar-refractivity contribution >= 4 is 45.5 Å². The molecule has 4 heterocycles. The van der Waals surface area contributed by atoms with Gasteiger partial charge in [-0.25, -0.2) is 9.37 Å². The minimum Gasteiger partial charge on any atom is -0.367 e. The zero-order valence-electron chi connectivity index (χ0n) is 18.0. The fraction of sp³-hybridized carbons (Fsp3) is 0.250. The predicted octanol–water partition coefficient (Wildman–Crippen LogP) is 2.83. The summed E-state index contributed by atoms with van der Waals surface area (Å²) in [5.74, 6) is -0.415. The van der Waals surface area contributed by atoms with Gasteiger partial charge in [-0.1, -0.05) is 17.7 Å². The molecule has 1 atom stereocenters. The number of piperazine rings is 1. The number of amides is 1. The Morgan fingerprint density at radius 3 is 2.97 bits per heavy atom. The number of rotatable bonds is 4. The number of nitrogens with one attached hydrogen (secondary N) is 2. The first-order valence-corrected chi connectivity index (χ1v) is 11.1. The number of aromatic nitrogens is 2. The van der Waals surface area contributed by atoms with E-state index in [1.54, 1.807) is 19.3 Å². The maximum atomic E-state index is 14.5. The fourth-order valence-corrected chi connectivity index (χ4v) is 4.37. The Morgan fingerprint density at radius 2 is 2.12 bits per heavy atom. The van der Waals surface area contributed by atoms with Crippen LogP contribution in [0.2, 0.25) is 5.02 Å². The fourth-order valence-electron chi connectivity index (χ4n) is 4.20. The number of nitrogens with zero attached hydrogens (tertiary/aromatic N) is 4. The molecule has 1 aromatic carbocycles. The molecule has 9 heteroatoms. The summed E-state index contributed by atoms with van der Waals surface area (Å²) in [6.45, 7) is 2.46. The molecule has 2 aromatic heterocycles. The molecule has 0 aliphatic carbocycles. The number of halogens is 2. The number of carbonyl (C=O) groups excluding carboxylic acids is 1. The number of pyridine rings is 2. The average molecular weight is 465 g/mol. The van der Waals surface area contributed by atoms with Crippen LogP contribution in [0.4, 0.5) is 10.1 Å². The monoisotopic (exact) mass is 464 g/mol. The normalized spacial score (nSPS) is 18.3. The second kappa shape index (κ2) is 8.88. The van der Waals surface area contributed by atoms with E-state index in [-0.39, 0.29) is 17.8 Å². The third kappa shape index (κ3) is 4.19. The Bertz CT molecular complexity index is 1310. The van der Waals surface area contributed by atoms with E-state index in [9.17, 15) is 9.18 Å². The number of hydrogen-bond acceptors (Lipinski definition) is 6. The Hall–Kier alpha value is -3.36. The molecule has 0 bridgehead atoms. The number of benzene rings is 1. The SMILES string of the molecule is CNC(=O)[C@H]1CN(c2cnc3ccc(C4=CCN=C4c4cc(Cl)ccc4F)nc3c2)CCN1. The van der Waals surface area contributed by atoms with Gasteiger partial charge in [0.15, 0.2) is 0 Å². The molecule has 33 heavy (non-hydrogen) atoms. The minimum absolute atomic E-state index is 0.0397. The number of aliphatic imine (C=N–C) groups is 1. The predicted molar refractivity (Wildman–Crippen MR) is 128 cm³/mol. The molecule has 2 aliphatic rings. The van der Waals surface area contributed by atoms with Gasteiger partial charge in [0.2, 0.25) is 5.91 Å². The van der Waals surface area contributed by atoms with Crippen LogP contribution in [-0.4, -0.2) is 60.9 Å². The summed E-state index contributed by atoms with van der Waals surface area (Å²) in [5, 5.41) is 6.37. The van der Waals surface area contributed by atoms with Gasteiger partial charge in [0.1, 0.15) is 11.9 Å². The van der Waals surface area contributed by atoms with Crippen LogP contribution in [0.1, 0.15) is 11.3 Å². The van der Waals surface area contributed by atoms with Gasteiger partial charge in [-0.15, -0.1) is 0 Å². The molecule has 0 radical (unpaired) electrons. The molecule has 0 saturated carbocycles. The van der Waals surface area contributed by atoms with Crippen molar-refractivity contribution < 1.29 is 9.18 Å². The van der Waals surface area contributed by atoms with Crippen molar-refractivity contribution in [3.05, 3.63) is 70.8 Å². The standard InChI is InChI=1S/C24H22ClFN6O/c1-27-24(33)22-13-32(9-8-28-22)15-11-21-20(30-12-15)5-4-19(31-21)16-6-7-29-23(16)17-10-14(25)2-3-18(17)26/h2-6,10-12,22,28H,7-9,13H2,1H3,(H,27,33)/t22-/m1/s1. The van der Waals surface area contributed by atoms with E-state index in [0.717, 1.165) is 28.8 Å². The summed E-state index contributed by atoms with van der Waals surface area (Å²) >= 11 is 6.10. The van der Waals surface area contributed by atoms with Crippen molar-refractivity contribution in [2.24, 2.45) is 4.99 Å². The topological polar surface area (TPSA) is 82.5 Å². The van der Waals surface area contributed by atoms with Gasteiger partial charge in [0, 0.05) is 42.8 Å². The molecule has 1 fully saturated rings. The Labute approximate surface area is 195 Å². The van der Waals surface area contributed by atoms with Gasteiger partial charge in [-0.05, 0) is 36.4 Å². The summed E-state index contributed by atoms with van der Waals surface area (Å²) in [6, 6.07) is 9.92. The lowest BCUT2D eigenvalue weighted by molar-refractivity contribution is -0.122. The molecule has 3 aromatic rings. The molecular formula is C24H22ClFN6O. The van der Waals surface area contributed by atoms with Crippen LogP contribution in [0.25, 0.3) is 16.6 Å². The first-order valence-electron chi connectivity index (χ1n) is 10.7. The van der Waals surface area contributed by atoms with Gasteiger partial charge in [0.25, 0.3) is 0 Å². The largest absolute Gasteiger partial charge is 0.367 e. The summed E-state index contributed by atoms with van der Waals surface area (Å²) in [7, 11) is 1.64. The molecule has 1 saturated heterocycles. The van der Waals surface area contributed by atoms with Gasteiger partial charge in [0.05, 0.1) is 40.9 Å². The molecule has 1 amide bonds. The highest BCUT2D eigenvalue weighted by Gasteiger charge is 2.25. The second-order valence-electron chi connectivity index (χ2n) is 7.93. The number of fused-ring (bicyclic) bond motifs is 1. The molecule has 2 aliphatic heterocycles. The zero-order valence-corrected chi connectivity index (χ0v) is 18.7. The Balaban J connectivity index is 1.47. The van der Waals surface area contributed by atoms with Crippen molar-refractivity contribution in [3.8, 4) is 0 Å². The Kier molecular flexibility index (Phi) is 5.78. The van der Waals surface area contributed by atoms with Gasteiger partial charge < -0.3 is 15.5 Å². The van der Waals surface area contributed by atoms with Crippen LogP contribution >= 0.6 is 11.6 Å². The quantitative estimate of drug-likeness (QED) is 0.620. The summed E-state index contributed by atoms with van der Waals surface area (Å²) < 4.78 is 14.5. The van der Waals surface area contributed by atoms with Gasteiger partial charge in [-0.3, -0.25) is 14.8 Å². The lowest BCUT2D eigenvalue weighted by Crippen LogP contribution is -2.56. The highest BCUT2D eigenvalue weighted by atomic mass is 35.5. The number of likely N-dealkylation sites (N-methyl/N-ethyl adjacent to an activating group) is 1. The Morgan fingerprint density at radius 1 is 1.24 bits per heavy atom. The van der Waals surface area contributed by atoms with Crippen LogP contribution < -0.4 is 15.5 Å². The van der Waals surface area contributed by atoms with Crippen LogP contribution in [0.5, 0.6) is 0 Å². The van der Waals surface area contributed by atoms with E-state index in [0.29, 0.717) is 41.6 Å². The first-order chi connectivity index (χ1) is 16.0. The maximum Gasteiger partial charge on any atom is 0.238 e. The van der Waals surface area contributed by atoms with E-state index in [1.807, 2.05) is 24.3 Å². The van der Waals surface area contributed by atoms with E-state index in [1.165, 1.54) is 12.1 Å². The average Bonchev–Trinajstić information content (AvgIpc) is 3.34. The number of anilines is 1. The van der Waals surface area contributed by atoms with E-state index in [4.69, 9.17) is 16.6 Å². The number of carbonyl (C=O) groups is 1. The van der Waals surface area contributed by atoms with E-state index < -0.39 is 0 Å². The van der Waals surface area contributed by atoms with Crippen LogP contribution in [0.15, 0.2) is 53.7 Å². The number of hydrogen-bond donors (Lipinski definition) is 2. The third-order valence-electron chi connectivity index (χ3n) is 5.89. The maximum absolute atomic E-state index is 14.5. The first kappa shape index (κ1) is 21.5. The summed E-state index contributed by atoms with van der Waals surface area (Å²) in [4.78, 5) is 28.1. The lowest BCUT2D eigenvalue weighted by Gasteiger charge is -2.34. The van der Waals surface area contributed by atoms with Crippen molar-refractivity contribution in [3.63, 3.8) is 0 Å². The smallest absolute Gasteiger partial charge is 0.238 e. The van der Waals surface area contributed by atoms with Crippen molar-refractivity contribution in [2.75, 3.05) is 38.1 Å². The molecule has 168 valence electrons. The molecular weight excluding hydrogens is 443 g/mol. The van der Waals surface area contributed by atoms with Crippen LogP contribution in [0.3, 0.4) is 0 Å². The summed E-state index contributed by atoms with van der Waals surface area (Å²) in [6.07, 6.45) is 3.74. The molecule has 0 spiro atoms. The van der Waals surface area contributed by atoms with E-state index in [2.05, 4.69) is 25.5 Å². The van der Waals surface area contributed by atoms with Crippen molar-refractivity contribution in [1.82, 2.24) is 20.6 Å². The van der Waals surface area contributed by atoms with Crippen molar-refractivity contribution in [2.45, 2.75) is 6.04 Å². The molecule has 7 nitrogen and oxygen atoms in total. The van der Waals surface area contributed by atoms with Crippen LogP contribution in [0, 0.1) is 5.82 Å². The highest BCUT2D eigenvalue weighted by Crippen LogP contribution is 2.28. The summed E-state index contributed by atoms with van der Waals surface area (Å²) in [5.41, 5.74) is 4.75. The highest BCUT2D eigenvalue weighted by molar-refractivity contribution is 6.35. The minimum atomic E-state index is -0.375. The zero-order chi connectivity index (χ0) is 22.9. The molecule has 5 rings (SSSR count). The van der Waals surface area contributed by atoms with Gasteiger partial charge in [-0.2, -0.15) is 0 Å². The van der Waals surface area contributed by atoms with E-state index >= 15 is 0 Å². The lowest BCUT2D eigenvalue weighted by atomic mass is 9.99. The molecule has 0 unspecified atom stereocenters. The number of allylic oxidation sites excluding steroid dienone is 1. The third-order valence-corrected chi connectivity index (χ3v) is 6.12.